The fourth-order valence-corrected chi connectivity index (χ4v) is 3.58. The van der Waals surface area contributed by atoms with Crippen LogP contribution < -0.4 is 9.64 Å². The number of anilines is 1. The molecule has 2 aliphatic heterocycles. The van der Waals surface area contributed by atoms with Crippen LogP contribution in [0.5, 0.6) is 5.75 Å². The molecule has 2 aromatic rings. The second-order valence-corrected chi connectivity index (χ2v) is 6.68. The van der Waals surface area contributed by atoms with Gasteiger partial charge in [0.25, 0.3) is 5.91 Å². The average Bonchev–Trinajstić information content (AvgIpc) is 3.24. The van der Waals surface area contributed by atoms with Crippen LogP contribution in [-0.2, 0) is 9.63 Å². The Morgan fingerprint density at radius 2 is 1.74 bits per heavy atom. The number of methoxy groups -OCH3 is 1. The van der Waals surface area contributed by atoms with Crippen LogP contribution in [0, 0.1) is 0 Å². The van der Waals surface area contributed by atoms with Crippen LogP contribution in [0.2, 0.25) is 0 Å². The van der Waals surface area contributed by atoms with Crippen LogP contribution in [0.4, 0.5) is 5.69 Å². The predicted molar refractivity (Wildman–Crippen MR) is 104 cm³/mol. The van der Waals surface area contributed by atoms with Gasteiger partial charge in [-0.3, -0.25) is 4.79 Å². The number of nitrogens with zero attached hydrogens (tertiary/aromatic N) is 3. The number of hydrogen-bond donors (Lipinski definition) is 0. The summed E-state index contributed by atoms with van der Waals surface area (Å²) in [5.41, 5.74) is 2.83. The van der Waals surface area contributed by atoms with Gasteiger partial charge in [-0.1, -0.05) is 35.5 Å². The van der Waals surface area contributed by atoms with Crippen LogP contribution in [0.3, 0.4) is 0 Å². The predicted octanol–water partition coefficient (Wildman–Crippen LogP) is 2.54. The third-order valence-corrected chi connectivity index (χ3v) is 5.07. The monoisotopic (exact) mass is 365 g/mol. The Kier molecular flexibility index (Phi) is 4.96. The van der Waals surface area contributed by atoms with Crippen LogP contribution in [-0.4, -0.2) is 55.9 Å². The quantitative estimate of drug-likeness (QED) is 0.836. The van der Waals surface area contributed by atoms with Gasteiger partial charge in [0.15, 0.2) is 0 Å². The van der Waals surface area contributed by atoms with Gasteiger partial charge < -0.3 is 19.4 Å². The van der Waals surface area contributed by atoms with E-state index in [4.69, 9.17) is 9.57 Å². The molecule has 140 valence electrons. The highest BCUT2D eigenvalue weighted by Gasteiger charge is 2.34. The lowest BCUT2D eigenvalue weighted by Crippen LogP contribution is -2.51. The topological polar surface area (TPSA) is 54.4 Å². The van der Waals surface area contributed by atoms with E-state index in [2.05, 4.69) is 22.2 Å². The minimum Gasteiger partial charge on any atom is -0.496 e. The smallest absolute Gasteiger partial charge is 0.267 e. The number of hydrogen-bond acceptors (Lipinski definition) is 5. The van der Waals surface area contributed by atoms with E-state index in [1.165, 1.54) is 5.69 Å². The summed E-state index contributed by atoms with van der Waals surface area (Å²) in [6.07, 6.45) is -0.0776. The van der Waals surface area contributed by atoms with Gasteiger partial charge in [-0.25, -0.2) is 0 Å². The molecule has 0 radical (unpaired) electrons. The summed E-state index contributed by atoms with van der Waals surface area (Å²) in [6, 6.07) is 18.0. The number of piperazine rings is 1. The zero-order valence-corrected chi connectivity index (χ0v) is 15.4. The molecule has 0 saturated carbocycles. The Morgan fingerprint density at radius 3 is 2.48 bits per heavy atom. The van der Waals surface area contributed by atoms with Crippen molar-refractivity contribution < 1.29 is 14.4 Å². The van der Waals surface area contributed by atoms with Gasteiger partial charge >= 0.3 is 0 Å². The van der Waals surface area contributed by atoms with Crippen LogP contribution in [0.25, 0.3) is 0 Å². The van der Waals surface area contributed by atoms with E-state index < -0.39 is 6.10 Å². The molecule has 2 aliphatic rings. The first-order valence-electron chi connectivity index (χ1n) is 9.21. The minimum absolute atomic E-state index is 0.0105. The number of carbonyl (C=O) groups is 1. The van der Waals surface area contributed by atoms with E-state index in [0.717, 1.165) is 30.1 Å². The lowest BCUT2D eigenvalue weighted by atomic mass is 10.0. The zero-order valence-electron chi connectivity index (χ0n) is 15.4. The Labute approximate surface area is 159 Å². The van der Waals surface area contributed by atoms with Crippen molar-refractivity contribution in [3.63, 3.8) is 0 Å². The minimum atomic E-state index is -0.548. The van der Waals surface area contributed by atoms with E-state index in [9.17, 15) is 4.79 Å². The number of oxime groups is 1. The molecule has 1 unspecified atom stereocenters. The standard InChI is InChI=1S/C21H23N3O3/c1-26-19-10-6-5-9-17(19)18-15-20(27-22-18)21(25)24-13-11-23(12-14-24)16-7-3-2-4-8-16/h2-10,20H,11-15H2,1H3. The lowest BCUT2D eigenvalue weighted by molar-refractivity contribution is -0.142. The molecule has 0 aromatic heterocycles. The highest BCUT2D eigenvalue weighted by atomic mass is 16.6. The summed E-state index contributed by atoms with van der Waals surface area (Å²) < 4.78 is 5.39. The molecule has 0 aliphatic carbocycles. The molecular formula is C21H23N3O3. The molecule has 6 nitrogen and oxygen atoms in total. The molecule has 0 bridgehead atoms. The number of amides is 1. The van der Waals surface area contributed by atoms with Crippen molar-refractivity contribution in [2.75, 3.05) is 38.2 Å². The molecular weight excluding hydrogens is 342 g/mol. The van der Waals surface area contributed by atoms with Gasteiger partial charge in [0.2, 0.25) is 6.10 Å². The molecule has 1 saturated heterocycles. The maximum atomic E-state index is 12.9. The van der Waals surface area contributed by atoms with Crippen molar-refractivity contribution in [1.82, 2.24) is 4.90 Å². The number of rotatable bonds is 4. The SMILES string of the molecule is COc1ccccc1C1=NOC(C(=O)N2CCN(c3ccccc3)CC2)C1. The third-order valence-electron chi connectivity index (χ3n) is 5.07. The maximum Gasteiger partial charge on any atom is 0.267 e. The van der Waals surface area contributed by atoms with E-state index in [0.29, 0.717) is 19.5 Å². The Balaban J connectivity index is 1.35. The molecule has 6 heteroatoms. The number of para-hydroxylation sites is 2. The summed E-state index contributed by atoms with van der Waals surface area (Å²) in [4.78, 5) is 22.5. The normalized spacial score (nSPS) is 19.4. The Hall–Kier alpha value is -3.02. The van der Waals surface area contributed by atoms with E-state index in [1.54, 1.807) is 7.11 Å². The second kappa shape index (κ2) is 7.70. The number of benzene rings is 2. The molecule has 1 amide bonds. The number of ether oxygens (including phenoxy) is 1. The molecule has 27 heavy (non-hydrogen) atoms. The van der Waals surface area contributed by atoms with Crippen molar-refractivity contribution >= 4 is 17.3 Å². The van der Waals surface area contributed by atoms with Gasteiger partial charge in [0.05, 0.1) is 12.8 Å². The average molecular weight is 365 g/mol. The van der Waals surface area contributed by atoms with Crippen LogP contribution in [0.15, 0.2) is 59.8 Å². The summed E-state index contributed by atoms with van der Waals surface area (Å²) in [5.74, 6) is 0.751. The van der Waals surface area contributed by atoms with Gasteiger partial charge in [-0.2, -0.15) is 0 Å². The van der Waals surface area contributed by atoms with Crippen LogP contribution >= 0.6 is 0 Å². The third kappa shape index (κ3) is 3.60. The molecule has 1 fully saturated rings. The summed E-state index contributed by atoms with van der Waals surface area (Å²) in [7, 11) is 1.63. The van der Waals surface area contributed by atoms with Crippen molar-refractivity contribution in [2.24, 2.45) is 5.16 Å². The van der Waals surface area contributed by atoms with Gasteiger partial charge in [-0.05, 0) is 24.3 Å². The molecule has 1 atom stereocenters. The van der Waals surface area contributed by atoms with Crippen molar-refractivity contribution in [1.29, 1.82) is 0 Å². The molecule has 2 aromatic carbocycles. The van der Waals surface area contributed by atoms with Gasteiger partial charge in [-0.15, -0.1) is 0 Å². The molecule has 4 rings (SSSR count). The van der Waals surface area contributed by atoms with E-state index in [1.807, 2.05) is 47.4 Å². The van der Waals surface area contributed by atoms with Gasteiger partial charge in [0, 0.05) is 43.9 Å². The van der Waals surface area contributed by atoms with Crippen molar-refractivity contribution in [2.45, 2.75) is 12.5 Å². The second-order valence-electron chi connectivity index (χ2n) is 6.68. The number of carbonyl (C=O) groups excluding carboxylic acids is 1. The van der Waals surface area contributed by atoms with Gasteiger partial charge in [0.1, 0.15) is 5.75 Å². The molecule has 0 N–H and O–H groups in total. The summed E-state index contributed by atoms with van der Waals surface area (Å²) >= 11 is 0. The molecule has 0 spiro atoms. The van der Waals surface area contributed by atoms with Crippen LogP contribution in [0.1, 0.15) is 12.0 Å². The lowest BCUT2D eigenvalue weighted by Gasteiger charge is -2.36. The highest BCUT2D eigenvalue weighted by Crippen LogP contribution is 2.25. The first-order valence-corrected chi connectivity index (χ1v) is 9.21. The molecule has 2 heterocycles. The first-order chi connectivity index (χ1) is 13.3. The van der Waals surface area contributed by atoms with Crippen molar-refractivity contribution in [3.8, 4) is 5.75 Å². The van der Waals surface area contributed by atoms with E-state index in [-0.39, 0.29) is 5.91 Å². The summed E-state index contributed by atoms with van der Waals surface area (Å²) in [6.45, 7) is 3.03. The summed E-state index contributed by atoms with van der Waals surface area (Å²) in [5, 5.41) is 4.15. The zero-order chi connectivity index (χ0) is 18.6. The largest absolute Gasteiger partial charge is 0.496 e. The van der Waals surface area contributed by atoms with Crippen molar-refractivity contribution in [3.05, 3.63) is 60.2 Å². The highest BCUT2D eigenvalue weighted by molar-refractivity contribution is 6.05. The first kappa shape index (κ1) is 17.4. The Bertz CT molecular complexity index is 830. The fraction of sp³-hybridized carbons (Fsp3) is 0.333. The van der Waals surface area contributed by atoms with E-state index >= 15 is 0 Å². The fourth-order valence-electron chi connectivity index (χ4n) is 3.58. The Morgan fingerprint density at radius 1 is 1.04 bits per heavy atom. The maximum absolute atomic E-state index is 12.9.